The van der Waals surface area contributed by atoms with Crippen LogP contribution in [-0.4, -0.2) is 26.0 Å². The van der Waals surface area contributed by atoms with E-state index in [9.17, 15) is 9.59 Å². The van der Waals surface area contributed by atoms with Gasteiger partial charge in [0.1, 0.15) is 17.2 Å². The molecule has 6 heteroatoms. The molecule has 0 radical (unpaired) electrons. The maximum atomic E-state index is 13.7. The summed E-state index contributed by atoms with van der Waals surface area (Å²) in [6.07, 6.45) is 0. The van der Waals surface area contributed by atoms with E-state index in [1.165, 1.54) is 12.0 Å². The smallest absolute Gasteiger partial charge is 0.282 e. The van der Waals surface area contributed by atoms with E-state index in [0.29, 0.717) is 28.3 Å². The second-order valence-corrected chi connectivity index (χ2v) is 8.04. The van der Waals surface area contributed by atoms with Gasteiger partial charge < -0.3 is 14.8 Å². The van der Waals surface area contributed by atoms with Crippen molar-refractivity contribution >= 4 is 28.8 Å². The minimum atomic E-state index is -0.435. The number of carbonyl (C=O) groups is 2. The molecule has 0 saturated heterocycles. The van der Waals surface area contributed by atoms with Crippen LogP contribution in [0.2, 0.25) is 0 Å². The first-order chi connectivity index (χ1) is 15.8. The van der Waals surface area contributed by atoms with Crippen LogP contribution in [0.15, 0.2) is 66.4 Å². The molecule has 0 spiro atoms. The number of methoxy groups -OCH3 is 2. The van der Waals surface area contributed by atoms with Gasteiger partial charge in [0.2, 0.25) is 0 Å². The molecule has 0 atom stereocenters. The summed E-state index contributed by atoms with van der Waals surface area (Å²) in [5.74, 6) is 0.261. The first-order valence-corrected chi connectivity index (χ1v) is 10.6. The van der Waals surface area contributed by atoms with E-state index in [1.54, 1.807) is 43.5 Å². The molecular formula is C27H26N2O4. The molecular weight excluding hydrogens is 416 g/mol. The third kappa shape index (κ3) is 4.07. The Balaban J connectivity index is 1.86. The first-order valence-electron chi connectivity index (χ1n) is 10.6. The number of aryl methyl sites for hydroxylation is 3. The van der Waals surface area contributed by atoms with E-state index in [4.69, 9.17) is 9.47 Å². The lowest BCUT2D eigenvalue weighted by atomic mass is 10.0. The Morgan fingerprint density at radius 3 is 2.06 bits per heavy atom. The van der Waals surface area contributed by atoms with Crippen molar-refractivity contribution in [2.45, 2.75) is 20.8 Å². The molecule has 168 valence electrons. The van der Waals surface area contributed by atoms with Gasteiger partial charge in [-0.15, -0.1) is 0 Å². The van der Waals surface area contributed by atoms with E-state index in [-0.39, 0.29) is 5.70 Å². The summed E-state index contributed by atoms with van der Waals surface area (Å²) in [5, 5.41) is 3.24. The van der Waals surface area contributed by atoms with Crippen molar-refractivity contribution in [3.63, 3.8) is 0 Å². The number of benzene rings is 3. The highest BCUT2D eigenvalue weighted by Gasteiger charge is 2.41. The molecule has 33 heavy (non-hydrogen) atoms. The highest BCUT2D eigenvalue weighted by molar-refractivity contribution is 6.46. The van der Waals surface area contributed by atoms with Crippen molar-refractivity contribution in [2.75, 3.05) is 24.4 Å². The zero-order valence-electron chi connectivity index (χ0n) is 19.4. The lowest BCUT2D eigenvalue weighted by molar-refractivity contribution is -0.120. The predicted molar refractivity (Wildman–Crippen MR) is 130 cm³/mol. The molecule has 1 N–H and O–H groups in total. The number of carbonyl (C=O) groups excluding carboxylic acids is 2. The van der Waals surface area contributed by atoms with Gasteiger partial charge in [-0.1, -0.05) is 35.9 Å². The second-order valence-electron chi connectivity index (χ2n) is 8.04. The number of imide groups is 1. The van der Waals surface area contributed by atoms with Crippen molar-refractivity contribution in [3.8, 4) is 11.5 Å². The molecule has 1 aliphatic rings. The standard InChI is InChI=1S/C27H26N2O4/c1-16-6-12-21(18(3)14-16)28-25-24(19-8-10-20(32-4)11-9-19)26(30)29(27(25)31)22-15-17(2)7-13-23(22)33-5/h6-15,28H,1-5H3. The van der Waals surface area contributed by atoms with E-state index < -0.39 is 11.8 Å². The van der Waals surface area contributed by atoms with Gasteiger partial charge in [0.25, 0.3) is 11.8 Å². The number of amides is 2. The molecule has 0 aliphatic carbocycles. The first kappa shape index (κ1) is 22.1. The summed E-state index contributed by atoms with van der Waals surface area (Å²) in [5.41, 5.74) is 5.32. The van der Waals surface area contributed by atoms with E-state index in [2.05, 4.69) is 5.32 Å². The largest absolute Gasteiger partial charge is 0.497 e. The summed E-state index contributed by atoms with van der Waals surface area (Å²) >= 11 is 0. The van der Waals surface area contributed by atoms with Gasteiger partial charge in [0.05, 0.1) is 25.5 Å². The predicted octanol–water partition coefficient (Wildman–Crippen LogP) is 5.03. The van der Waals surface area contributed by atoms with Crippen molar-refractivity contribution < 1.29 is 19.1 Å². The van der Waals surface area contributed by atoms with Crippen LogP contribution in [0.1, 0.15) is 22.3 Å². The fourth-order valence-electron chi connectivity index (χ4n) is 3.95. The molecule has 2 amide bonds. The topological polar surface area (TPSA) is 67.9 Å². The molecule has 0 fully saturated rings. The third-order valence-corrected chi connectivity index (χ3v) is 5.68. The van der Waals surface area contributed by atoms with E-state index >= 15 is 0 Å². The fourth-order valence-corrected chi connectivity index (χ4v) is 3.95. The molecule has 0 saturated carbocycles. The van der Waals surface area contributed by atoms with Crippen LogP contribution < -0.4 is 19.7 Å². The number of anilines is 2. The Kier molecular flexibility index (Phi) is 5.92. The maximum Gasteiger partial charge on any atom is 0.282 e. The Bertz CT molecular complexity index is 1280. The number of rotatable bonds is 6. The number of ether oxygens (including phenoxy) is 2. The van der Waals surface area contributed by atoms with Crippen molar-refractivity contribution in [1.82, 2.24) is 0 Å². The number of hydrogen-bond acceptors (Lipinski definition) is 5. The summed E-state index contributed by atoms with van der Waals surface area (Å²) in [4.78, 5) is 28.6. The quantitative estimate of drug-likeness (QED) is 0.543. The Morgan fingerprint density at radius 2 is 1.42 bits per heavy atom. The summed E-state index contributed by atoms with van der Waals surface area (Å²) < 4.78 is 10.7. The molecule has 3 aromatic carbocycles. The molecule has 0 unspecified atom stereocenters. The second kappa shape index (κ2) is 8.82. The Morgan fingerprint density at radius 1 is 0.758 bits per heavy atom. The van der Waals surface area contributed by atoms with Gasteiger partial charge in [0, 0.05) is 5.69 Å². The molecule has 3 aromatic rings. The highest BCUT2D eigenvalue weighted by Crippen LogP contribution is 2.39. The third-order valence-electron chi connectivity index (χ3n) is 5.68. The summed E-state index contributed by atoms with van der Waals surface area (Å²) in [6, 6.07) is 18.4. The van der Waals surface area contributed by atoms with Crippen LogP contribution in [0, 0.1) is 20.8 Å². The average molecular weight is 443 g/mol. The zero-order chi connectivity index (χ0) is 23.7. The molecule has 0 bridgehead atoms. The minimum absolute atomic E-state index is 0.223. The summed E-state index contributed by atoms with van der Waals surface area (Å²) in [6.45, 7) is 5.88. The van der Waals surface area contributed by atoms with Gasteiger partial charge >= 0.3 is 0 Å². The number of nitrogens with one attached hydrogen (secondary N) is 1. The average Bonchev–Trinajstić information content (AvgIpc) is 3.04. The molecule has 1 aliphatic heterocycles. The molecule has 1 heterocycles. The number of nitrogens with zero attached hydrogens (tertiary/aromatic N) is 1. The van der Waals surface area contributed by atoms with Gasteiger partial charge in [-0.3, -0.25) is 9.59 Å². The molecule has 4 rings (SSSR count). The van der Waals surface area contributed by atoms with Crippen LogP contribution in [0.5, 0.6) is 11.5 Å². The van der Waals surface area contributed by atoms with Crippen molar-refractivity contribution in [2.24, 2.45) is 0 Å². The van der Waals surface area contributed by atoms with E-state index in [0.717, 1.165) is 22.4 Å². The van der Waals surface area contributed by atoms with Gasteiger partial charge in [-0.2, -0.15) is 0 Å². The van der Waals surface area contributed by atoms with Crippen LogP contribution >= 0.6 is 0 Å². The lowest BCUT2D eigenvalue weighted by Crippen LogP contribution is -2.32. The zero-order valence-corrected chi connectivity index (χ0v) is 19.4. The van der Waals surface area contributed by atoms with Crippen LogP contribution in [0.4, 0.5) is 11.4 Å². The lowest BCUT2D eigenvalue weighted by Gasteiger charge is -2.19. The molecule has 6 nitrogen and oxygen atoms in total. The van der Waals surface area contributed by atoms with Gasteiger partial charge in [0.15, 0.2) is 0 Å². The highest BCUT2D eigenvalue weighted by atomic mass is 16.5. The van der Waals surface area contributed by atoms with Gasteiger partial charge in [-0.05, 0) is 67.8 Å². The van der Waals surface area contributed by atoms with Crippen LogP contribution in [0.3, 0.4) is 0 Å². The monoisotopic (exact) mass is 442 g/mol. The summed E-state index contributed by atoms with van der Waals surface area (Å²) in [7, 11) is 3.10. The maximum absolute atomic E-state index is 13.7. The SMILES string of the molecule is COc1ccc(C2=C(Nc3ccc(C)cc3C)C(=O)N(c3cc(C)ccc3OC)C2=O)cc1. The minimum Gasteiger partial charge on any atom is -0.497 e. The Labute approximate surface area is 193 Å². The fraction of sp³-hybridized carbons (Fsp3) is 0.185. The van der Waals surface area contributed by atoms with Crippen molar-refractivity contribution in [3.05, 3.63) is 88.6 Å². The van der Waals surface area contributed by atoms with Gasteiger partial charge in [-0.25, -0.2) is 4.90 Å². The number of hydrogen-bond donors (Lipinski definition) is 1. The van der Waals surface area contributed by atoms with Crippen LogP contribution in [0.25, 0.3) is 5.57 Å². The molecule has 0 aromatic heterocycles. The Hall–Kier alpha value is -4.06. The normalized spacial score (nSPS) is 13.5. The van der Waals surface area contributed by atoms with Crippen molar-refractivity contribution in [1.29, 1.82) is 0 Å². The van der Waals surface area contributed by atoms with E-state index in [1.807, 2.05) is 45.0 Å². The van der Waals surface area contributed by atoms with Crippen LogP contribution in [-0.2, 0) is 9.59 Å².